The third-order valence-corrected chi connectivity index (χ3v) is 2.92. The van der Waals surface area contributed by atoms with Crippen molar-refractivity contribution in [3.05, 3.63) is 58.4 Å². The Balaban J connectivity index is 2.24. The van der Waals surface area contributed by atoms with Crippen molar-refractivity contribution in [2.45, 2.75) is 6.92 Å². The molecule has 1 aromatic heterocycles. The number of aryl methyl sites for hydroxylation is 1. The number of amides is 1. The number of hydrogen-bond acceptors (Lipinski definition) is 3. The molecule has 2 aromatic rings. The molecular formula is C14H11ClN2O3. The normalized spacial score (nSPS) is 10.1. The minimum atomic E-state index is -1.04. The van der Waals surface area contributed by atoms with Crippen molar-refractivity contribution < 1.29 is 14.7 Å². The number of halogens is 1. The first kappa shape index (κ1) is 14.0. The minimum absolute atomic E-state index is 0.149. The molecule has 0 atom stereocenters. The van der Waals surface area contributed by atoms with Crippen molar-refractivity contribution >= 4 is 29.2 Å². The monoisotopic (exact) mass is 290 g/mol. The van der Waals surface area contributed by atoms with Gasteiger partial charge in [0.2, 0.25) is 0 Å². The molecule has 0 spiro atoms. The van der Waals surface area contributed by atoms with E-state index in [2.05, 4.69) is 10.3 Å². The maximum Gasteiger partial charge on any atom is 0.336 e. The van der Waals surface area contributed by atoms with Crippen molar-refractivity contribution in [3.8, 4) is 0 Å². The van der Waals surface area contributed by atoms with Crippen molar-refractivity contribution in [2.24, 2.45) is 0 Å². The smallest absolute Gasteiger partial charge is 0.336 e. The summed E-state index contributed by atoms with van der Waals surface area (Å²) >= 11 is 5.71. The topological polar surface area (TPSA) is 79.3 Å². The van der Waals surface area contributed by atoms with Crippen LogP contribution < -0.4 is 5.32 Å². The summed E-state index contributed by atoms with van der Waals surface area (Å²) in [5, 5.41) is 11.9. The van der Waals surface area contributed by atoms with E-state index in [4.69, 9.17) is 16.7 Å². The Morgan fingerprint density at radius 1 is 1.25 bits per heavy atom. The molecule has 2 N–H and O–H groups in total. The summed E-state index contributed by atoms with van der Waals surface area (Å²) in [6.07, 6.45) is 1.43. The second-order valence-electron chi connectivity index (χ2n) is 4.16. The highest BCUT2D eigenvalue weighted by Gasteiger charge is 2.11. The van der Waals surface area contributed by atoms with Crippen molar-refractivity contribution in [1.82, 2.24) is 4.98 Å². The molecule has 2 rings (SSSR count). The van der Waals surface area contributed by atoms with Crippen LogP contribution in [-0.2, 0) is 0 Å². The van der Waals surface area contributed by atoms with Gasteiger partial charge in [-0.05, 0) is 36.8 Å². The lowest BCUT2D eigenvalue weighted by molar-refractivity contribution is 0.0695. The predicted molar refractivity (Wildman–Crippen MR) is 75.3 cm³/mol. The molecule has 0 bridgehead atoms. The molecule has 1 amide bonds. The standard InChI is InChI=1S/C14H11ClN2O3/c1-8-2-3-10(7-11(8)14(19)20)17-13(18)9-4-5-16-12(15)6-9/h2-7H,1H3,(H,17,18)(H,19,20). The van der Waals surface area contributed by atoms with E-state index in [9.17, 15) is 9.59 Å². The van der Waals surface area contributed by atoms with Gasteiger partial charge in [-0.15, -0.1) is 0 Å². The summed E-state index contributed by atoms with van der Waals surface area (Å²) in [4.78, 5) is 26.8. The van der Waals surface area contributed by atoms with Gasteiger partial charge in [0.15, 0.2) is 0 Å². The lowest BCUT2D eigenvalue weighted by atomic mass is 10.1. The Morgan fingerprint density at radius 2 is 2.00 bits per heavy atom. The fourth-order valence-electron chi connectivity index (χ4n) is 1.68. The number of nitrogens with one attached hydrogen (secondary N) is 1. The summed E-state index contributed by atoms with van der Waals surface area (Å²) in [6.45, 7) is 1.69. The lowest BCUT2D eigenvalue weighted by Crippen LogP contribution is -2.13. The molecule has 0 saturated heterocycles. The molecule has 0 fully saturated rings. The number of carboxylic acids is 1. The van der Waals surface area contributed by atoms with Gasteiger partial charge in [-0.25, -0.2) is 9.78 Å². The Bertz CT molecular complexity index is 686. The summed E-state index contributed by atoms with van der Waals surface area (Å²) in [5.41, 5.74) is 1.53. The number of aromatic carboxylic acids is 1. The van der Waals surface area contributed by atoms with Crippen LogP contribution in [0.5, 0.6) is 0 Å². The number of carboxylic acid groups (broad SMARTS) is 1. The molecule has 6 heteroatoms. The highest BCUT2D eigenvalue weighted by molar-refractivity contribution is 6.29. The fraction of sp³-hybridized carbons (Fsp3) is 0.0714. The lowest BCUT2D eigenvalue weighted by Gasteiger charge is -2.08. The number of nitrogens with zero attached hydrogens (tertiary/aromatic N) is 1. The van der Waals surface area contributed by atoms with Crippen molar-refractivity contribution in [1.29, 1.82) is 0 Å². The Hall–Kier alpha value is -2.40. The van der Waals surface area contributed by atoms with Crippen molar-refractivity contribution in [3.63, 3.8) is 0 Å². The third kappa shape index (κ3) is 3.13. The average molecular weight is 291 g/mol. The van der Waals surface area contributed by atoms with E-state index >= 15 is 0 Å². The molecule has 102 valence electrons. The number of carbonyl (C=O) groups is 2. The number of pyridine rings is 1. The van der Waals surface area contributed by atoms with Crippen molar-refractivity contribution in [2.75, 3.05) is 5.32 Å². The van der Waals surface area contributed by atoms with Crippen LogP contribution in [0.4, 0.5) is 5.69 Å². The second kappa shape index (κ2) is 5.71. The van der Waals surface area contributed by atoms with Gasteiger partial charge in [-0.1, -0.05) is 17.7 Å². The maximum atomic E-state index is 12.0. The Kier molecular flexibility index (Phi) is 4.00. The number of carbonyl (C=O) groups excluding carboxylic acids is 1. The van der Waals surface area contributed by atoms with Crippen LogP contribution in [0.25, 0.3) is 0 Å². The molecule has 1 heterocycles. The molecule has 0 aliphatic carbocycles. The number of rotatable bonds is 3. The zero-order chi connectivity index (χ0) is 14.7. The minimum Gasteiger partial charge on any atom is -0.478 e. The number of hydrogen-bond donors (Lipinski definition) is 2. The van der Waals surface area contributed by atoms with Gasteiger partial charge >= 0.3 is 5.97 Å². The van der Waals surface area contributed by atoms with Gasteiger partial charge in [0.1, 0.15) is 5.15 Å². The molecule has 0 saturated carbocycles. The van der Waals surface area contributed by atoms with Gasteiger partial charge in [-0.3, -0.25) is 4.79 Å². The van der Waals surface area contributed by atoms with Gasteiger partial charge in [0.25, 0.3) is 5.91 Å². The van der Waals surface area contributed by atoms with Crippen LogP contribution in [0.3, 0.4) is 0 Å². The van der Waals surface area contributed by atoms with E-state index in [1.807, 2.05) is 0 Å². The van der Waals surface area contributed by atoms with Crippen LogP contribution in [0.1, 0.15) is 26.3 Å². The number of anilines is 1. The average Bonchev–Trinajstić information content (AvgIpc) is 2.40. The van der Waals surface area contributed by atoms with Gasteiger partial charge in [-0.2, -0.15) is 0 Å². The van der Waals surface area contributed by atoms with E-state index in [1.165, 1.54) is 24.4 Å². The Labute approximate surface area is 120 Å². The Morgan fingerprint density at radius 3 is 2.65 bits per heavy atom. The van der Waals surface area contributed by atoms with Crippen LogP contribution in [0.2, 0.25) is 5.15 Å². The second-order valence-corrected chi connectivity index (χ2v) is 4.54. The van der Waals surface area contributed by atoms with E-state index < -0.39 is 5.97 Å². The summed E-state index contributed by atoms with van der Waals surface area (Å²) in [5.74, 6) is -1.42. The highest BCUT2D eigenvalue weighted by Crippen LogP contribution is 2.17. The molecule has 1 aromatic carbocycles. The zero-order valence-corrected chi connectivity index (χ0v) is 11.3. The van der Waals surface area contributed by atoms with E-state index in [-0.39, 0.29) is 16.6 Å². The largest absolute Gasteiger partial charge is 0.478 e. The molecule has 0 aliphatic rings. The van der Waals surface area contributed by atoms with E-state index in [0.29, 0.717) is 16.8 Å². The molecule has 0 aliphatic heterocycles. The first-order chi connectivity index (χ1) is 9.47. The first-order valence-electron chi connectivity index (χ1n) is 5.74. The molecular weight excluding hydrogens is 280 g/mol. The first-order valence-corrected chi connectivity index (χ1v) is 6.12. The quantitative estimate of drug-likeness (QED) is 0.852. The maximum absolute atomic E-state index is 12.0. The summed E-state index contributed by atoms with van der Waals surface area (Å²) in [6, 6.07) is 7.65. The molecule has 0 radical (unpaired) electrons. The van der Waals surface area contributed by atoms with E-state index in [0.717, 1.165) is 0 Å². The highest BCUT2D eigenvalue weighted by atomic mass is 35.5. The van der Waals surface area contributed by atoms with Gasteiger partial charge < -0.3 is 10.4 Å². The van der Waals surface area contributed by atoms with Crippen LogP contribution in [-0.4, -0.2) is 22.0 Å². The molecule has 5 nitrogen and oxygen atoms in total. The number of aromatic nitrogens is 1. The van der Waals surface area contributed by atoms with E-state index in [1.54, 1.807) is 19.1 Å². The molecule has 20 heavy (non-hydrogen) atoms. The zero-order valence-electron chi connectivity index (χ0n) is 10.6. The molecule has 0 unspecified atom stereocenters. The fourth-order valence-corrected chi connectivity index (χ4v) is 1.85. The summed E-state index contributed by atoms with van der Waals surface area (Å²) < 4.78 is 0. The van der Waals surface area contributed by atoms with Crippen LogP contribution >= 0.6 is 11.6 Å². The summed E-state index contributed by atoms with van der Waals surface area (Å²) in [7, 11) is 0. The SMILES string of the molecule is Cc1ccc(NC(=O)c2ccnc(Cl)c2)cc1C(=O)O. The number of benzene rings is 1. The predicted octanol–water partition coefficient (Wildman–Crippen LogP) is 2.99. The van der Waals surface area contributed by atoms with Crippen LogP contribution in [0, 0.1) is 6.92 Å². The van der Waals surface area contributed by atoms with Gasteiger partial charge in [0.05, 0.1) is 5.56 Å². The van der Waals surface area contributed by atoms with Gasteiger partial charge in [0, 0.05) is 17.4 Å². The third-order valence-electron chi connectivity index (χ3n) is 2.71. The van der Waals surface area contributed by atoms with Crippen LogP contribution in [0.15, 0.2) is 36.5 Å².